The van der Waals surface area contributed by atoms with Crippen LogP contribution in [0.25, 0.3) is 5.57 Å². The molecule has 2 N–H and O–H groups in total. The fraction of sp³-hybridized carbons (Fsp3) is 0.188. The number of hydrogen-bond donors (Lipinski definition) is 1. The molecule has 0 radical (unpaired) electrons. The molecular weight excluding hydrogens is 354 g/mol. The first-order valence-electron chi connectivity index (χ1n) is 7.34. The zero-order chi connectivity index (χ0) is 18.8. The van der Waals surface area contributed by atoms with Gasteiger partial charge in [-0.25, -0.2) is 23.2 Å². The molecule has 8 nitrogen and oxygen atoms in total. The van der Waals surface area contributed by atoms with E-state index in [1.165, 1.54) is 18.4 Å². The number of hydrogen-bond acceptors (Lipinski definition) is 6. The van der Waals surface area contributed by atoms with Crippen molar-refractivity contribution < 1.29 is 37.4 Å². The Kier molecular flexibility index (Phi) is 4.57. The van der Waals surface area contributed by atoms with Crippen LogP contribution in [0.15, 0.2) is 30.5 Å². The number of cyclic esters (lactones) is 1. The first-order valence-corrected chi connectivity index (χ1v) is 7.34. The van der Waals surface area contributed by atoms with Crippen molar-refractivity contribution in [3.63, 3.8) is 0 Å². The van der Waals surface area contributed by atoms with Gasteiger partial charge in [0.1, 0.15) is 18.2 Å². The van der Waals surface area contributed by atoms with Crippen LogP contribution in [-0.2, 0) is 19.0 Å². The van der Waals surface area contributed by atoms with Crippen LogP contribution in [0.5, 0.6) is 0 Å². The Balaban J connectivity index is 1.85. The molecular formula is C16H12F2N2O6. The van der Waals surface area contributed by atoms with E-state index in [0.717, 1.165) is 17.0 Å². The molecule has 2 aliphatic heterocycles. The summed E-state index contributed by atoms with van der Waals surface area (Å²) in [6.45, 7) is -0.214. The van der Waals surface area contributed by atoms with Crippen molar-refractivity contribution in [2.75, 3.05) is 18.1 Å². The Morgan fingerprint density at radius 2 is 1.96 bits per heavy atom. The smallest absolute Gasteiger partial charge is 0.415 e. The molecule has 1 aromatic carbocycles. The van der Waals surface area contributed by atoms with E-state index in [1.54, 1.807) is 0 Å². The Bertz CT molecular complexity index is 828. The number of amides is 2. The summed E-state index contributed by atoms with van der Waals surface area (Å²) in [5.74, 6) is -2.99. The predicted molar refractivity (Wildman–Crippen MR) is 82.7 cm³/mol. The van der Waals surface area contributed by atoms with Gasteiger partial charge in [0.05, 0.1) is 24.1 Å². The summed E-state index contributed by atoms with van der Waals surface area (Å²) in [5.41, 5.74) is 4.58. The van der Waals surface area contributed by atoms with E-state index in [-0.39, 0.29) is 24.4 Å². The van der Waals surface area contributed by atoms with Crippen molar-refractivity contribution in [2.45, 2.75) is 6.10 Å². The number of benzene rings is 1. The van der Waals surface area contributed by atoms with Gasteiger partial charge in [-0.2, -0.15) is 0 Å². The number of halogens is 2. The fourth-order valence-electron chi connectivity index (χ4n) is 2.52. The monoisotopic (exact) mass is 366 g/mol. The van der Waals surface area contributed by atoms with E-state index >= 15 is 0 Å². The number of nitrogens with two attached hydrogens (primary N) is 1. The third-order valence-corrected chi connectivity index (χ3v) is 3.65. The van der Waals surface area contributed by atoms with Gasteiger partial charge < -0.3 is 19.9 Å². The molecule has 0 aliphatic carbocycles. The molecule has 1 saturated heterocycles. The van der Waals surface area contributed by atoms with Crippen LogP contribution < -0.4 is 10.6 Å². The maximum Gasteiger partial charge on any atom is 0.415 e. The lowest BCUT2D eigenvalue weighted by atomic mass is 10.0. The van der Waals surface area contributed by atoms with E-state index in [0.29, 0.717) is 5.57 Å². The number of allylic oxidation sites excluding steroid dienone is 2. The molecule has 0 bridgehead atoms. The molecule has 26 heavy (non-hydrogen) atoms. The molecule has 3 rings (SSSR count). The lowest BCUT2D eigenvalue weighted by Crippen LogP contribution is -2.32. The van der Waals surface area contributed by atoms with E-state index in [2.05, 4.69) is 4.74 Å². The number of esters is 1. The van der Waals surface area contributed by atoms with Crippen LogP contribution in [-0.4, -0.2) is 37.4 Å². The first kappa shape index (κ1) is 17.4. The minimum Gasteiger partial charge on any atom is -0.497 e. The number of primary amides is 1. The van der Waals surface area contributed by atoms with E-state index in [4.69, 9.17) is 15.2 Å². The highest BCUT2D eigenvalue weighted by atomic mass is 19.1. The molecule has 136 valence electrons. The standard InChI is InChI=1S/C16H12F2N2O6/c17-10-5-9(6-11(18)13(10)8-1-3-24-4-2-8)20-7-12(25-16(20)23)14(21)26-15(19)22/h1-3,5-6,12H,4,7H2,(H2,19,22). The normalized spacial score (nSPS) is 18.8. The second-order valence-corrected chi connectivity index (χ2v) is 5.30. The molecule has 2 aliphatic rings. The van der Waals surface area contributed by atoms with Crippen molar-refractivity contribution in [3.8, 4) is 0 Å². The molecule has 1 unspecified atom stereocenters. The first-order chi connectivity index (χ1) is 12.4. The molecule has 1 fully saturated rings. The Labute approximate surface area is 145 Å². The summed E-state index contributed by atoms with van der Waals surface area (Å²) in [4.78, 5) is 34.9. The Hall–Kier alpha value is -3.43. The number of carbonyl (C=O) groups excluding carboxylic acids is 3. The maximum atomic E-state index is 14.4. The summed E-state index contributed by atoms with van der Waals surface area (Å²) >= 11 is 0. The number of nitrogens with zero attached hydrogens (tertiary/aromatic N) is 1. The van der Waals surface area contributed by atoms with Gasteiger partial charge in [-0.1, -0.05) is 0 Å². The molecule has 10 heteroatoms. The second-order valence-electron chi connectivity index (χ2n) is 5.30. The lowest BCUT2D eigenvalue weighted by Gasteiger charge is -2.16. The molecule has 0 saturated carbocycles. The second kappa shape index (κ2) is 6.82. The average Bonchev–Trinajstić information content (AvgIpc) is 2.96. The lowest BCUT2D eigenvalue weighted by molar-refractivity contribution is -0.144. The van der Waals surface area contributed by atoms with Gasteiger partial charge in [-0.05, 0) is 29.9 Å². The van der Waals surface area contributed by atoms with Crippen LogP contribution in [0.3, 0.4) is 0 Å². The highest BCUT2D eigenvalue weighted by molar-refractivity contribution is 5.96. The van der Waals surface area contributed by atoms with Gasteiger partial charge >= 0.3 is 18.2 Å². The third kappa shape index (κ3) is 3.34. The Morgan fingerprint density at radius 1 is 1.27 bits per heavy atom. The van der Waals surface area contributed by atoms with Crippen LogP contribution in [0.4, 0.5) is 24.1 Å². The average molecular weight is 366 g/mol. The molecule has 0 aromatic heterocycles. The molecule has 1 atom stereocenters. The van der Waals surface area contributed by atoms with Crippen molar-refractivity contribution in [1.82, 2.24) is 0 Å². The summed E-state index contributed by atoms with van der Waals surface area (Å²) in [7, 11) is 0. The van der Waals surface area contributed by atoms with E-state index in [1.807, 2.05) is 0 Å². The number of carbonyl (C=O) groups is 3. The summed E-state index contributed by atoms with van der Waals surface area (Å²) in [6, 6.07) is 1.87. The minimum absolute atomic E-state index is 0.153. The highest BCUT2D eigenvalue weighted by Crippen LogP contribution is 2.31. The van der Waals surface area contributed by atoms with Gasteiger partial charge in [0.15, 0.2) is 0 Å². The molecule has 1 aromatic rings. The van der Waals surface area contributed by atoms with Crippen molar-refractivity contribution in [3.05, 3.63) is 47.7 Å². The zero-order valence-electron chi connectivity index (χ0n) is 13.1. The Morgan fingerprint density at radius 3 is 2.54 bits per heavy atom. The predicted octanol–water partition coefficient (Wildman–Crippen LogP) is 1.84. The number of anilines is 1. The van der Waals surface area contributed by atoms with Crippen LogP contribution in [0.1, 0.15) is 5.56 Å². The van der Waals surface area contributed by atoms with Crippen LogP contribution in [0.2, 0.25) is 0 Å². The summed E-state index contributed by atoms with van der Waals surface area (Å²) in [5, 5.41) is 0. The fourth-order valence-corrected chi connectivity index (χ4v) is 2.52. The van der Waals surface area contributed by atoms with Crippen molar-refractivity contribution >= 4 is 29.4 Å². The molecule has 2 amide bonds. The largest absolute Gasteiger partial charge is 0.497 e. The zero-order valence-corrected chi connectivity index (χ0v) is 13.1. The quantitative estimate of drug-likeness (QED) is 0.646. The van der Waals surface area contributed by atoms with Crippen LogP contribution in [0, 0.1) is 11.6 Å². The van der Waals surface area contributed by atoms with Gasteiger partial charge in [0.2, 0.25) is 6.10 Å². The maximum absolute atomic E-state index is 14.4. The van der Waals surface area contributed by atoms with Gasteiger partial charge in [-0.15, -0.1) is 0 Å². The van der Waals surface area contributed by atoms with Crippen molar-refractivity contribution in [1.29, 1.82) is 0 Å². The molecule has 0 spiro atoms. The minimum atomic E-state index is -1.44. The summed E-state index contributed by atoms with van der Waals surface area (Å²) in [6.07, 6.45) is 0.402. The van der Waals surface area contributed by atoms with E-state index < -0.39 is 35.9 Å². The topological polar surface area (TPSA) is 108 Å². The molecule has 2 heterocycles. The number of ether oxygens (including phenoxy) is 3. The van der Waals surface area contributed by atoms with Gasteiger partial charge in [0.25, 0.3) is 0 Å². The van der Waals surface area contributed by atoms with Gasteiger partial charge in [-0.3, -0.25) is 4.90 Å². The summed E-state index contributed by atoms with van der Waals surface area (Å²) < 4.78 is 42.6. The number of rotatable bonds is 3. The van der Waals surface area contributed by atoms with E-state index in [9.17, 15) is 23.2 Å². The highest BCUT2D eigenvalue weighted by Gasteiger charge is 2.39. The SMILES string of the molecule is NC(=O)OC(=O)C1CN(c2cc(F)c(C3=CCOC=C3)c(F)c2)C(=O)O1. The third-order valence-electron chi connectivity index (χ3n) is 3.65. The van der Waals surface area contributed by atoms with Crippen molar-refractivity contribution in [2.24, 2.45) is 5.73 Å². The van der Waals surface area contributed by atoms with Gasteiger partial charge in [0, 0.05) is 0 Å². The van der Waals surface area contributed by atoms with Crippen LogP contribution >= 0.6 is 0 Å².